The minimum absolute atomic E-state index is 0.0519. The van der Waals surface area contributed by atoms with Gasteiger partial charge in [0.15, 0.2) is 11.5 Å². The molecule has 30 heavy (non-hydrogen) atoms. The van der Waals surface area contributed by atoms with Gasteiger partial charge in [-0.3, -0.25) is 9.78 Å². The summed E-state index contributed by atoms with van der Waals surface area (Å²) in [7, 11) is 1.63. The van der Waals surface area contributed by atoms with Gasteiger partial charge in [0.25, 0.3) is 5.91 Å². The number of carbonyl (C=O) groups excluding carboxylic acids is 1. The summed E-state index contributed by atoms with van der Waals surface area (Å²) in [6, 6.07) is 17.0. The van der Waals surface area contributed by atoms with E-state index in [1.54, 1.807) is 24.3 Å². The lowest BCUT2D eigenvalue weighted by Gasteiger charge is -2.27. The SMILES string of the molecule is COc1ccc(CN2C(=O)c3cccnc3C2Nc2ccc3c(c2)OCCO3)cc1. The largest absolute Gasteiger partial charge is 0.497 e. The highest BCUT2D eigenvalue weighted by Gasteiger charge is 2.38. The molecule has 2 aliphatic rings. The fourth-order valence-electron chi connectivity index (χ4n) is 3.76. The summed E-state index contributed by atoms with van der Waals surface area (Å²) in [6.07, 6.45) is 1.32. The Balaban J connectivity index is 1.45. The van der Waals surface area contributed by atoms with Crippen LogP contribution in [0, 0.1) is 0 Å². The Labute approximate surface area is 174 Å². The number of nitrogens with zero attached hydrogens (tertiary/aromatic N) is 2. The van der Waals surface area contributed by atoms with E-state index < -0.39 is 6.17 Å². The maximum absolute atomic E-state index is 13.1. The molecule has 0 fully saturated rings. The van der Waals surface area contributed by atoms with E-state index in [1.807, 2.05) is 48.5 Å². The molecule has 1 N–H and O–H groups in total. The molecule has 3 heterocycles. The number of methoxy groups -OCH3 is 1. The van der Waals surface area contributed by atoms with Crippen LogP contribution in [0.1, 0.15) is 27.8 Å². The van der Waals surface area contributed by atoms with Gasteiger partial charge in [-0.05, 0) is 42.0 Å². The number of rotatable bonds is 5. The summed E-state index contributed by atoms with van der Waals surface area (Å²) in [4.78, 5) is 19.4. The van der Waals surface area contributed by atoms with Crippen molar-refractivity contribution in [2.75, 3.05) is 25.6 Å². The van der Waals surface area contributed by atoms with E-state index >= 15 is 0 Å². The first kappa shape index (κ1) is 18.3. The normalized spacial score (nSPS) is 16.9. The number of benzene rings is 2. The van der Waals surface area contributed by atoms with Gasteiger partial charge in [-0.15, -0.1) is 0 Å². The number of nitrogens with one attached hydrogen (secondary N) is 1. The van der Waals surface area contributed by atoms with E-state index in [0.29, 0.717) is 36.8 Å². The van der Waals surface area contributed by atoms with Crippen LogP contribution in [-0.4, -0.2) is 36.1 Å². The molecule has 2 aromatic carbocycles. The fraction of sp³-hybridized carbons (Fsp3) is 0.217. The third-order valence-electron chi connectivity index (χ3n) is 5.26. The van der Waals surface area contributed by atoms with Gasteiger partial charge < -0.3 is 24.4 Å². The van der Waals surface area contributed by atoms with Crippen molar-refractivity contribution in [3.05, 3.63) is 77.6 Å². The van der Waals surface area contributed by atoms with E-state index in [9.17, 15) is 4.79 Å². The smallest absolute Gasteiger partial charge is 0.258 e. The summed E-state index contributed by atoms with van der Waals surface area (Å²) in [5.41, 5.74) is 3.16. The zero-order valence-corrected chi connectivity index (χ0v) is 16.5. The highest BCUT2D eigenvalue weighted by molar-refractivity contribution is 5.98. The summed E-state index contributed by atoms with van der Waals surface area (Å²) >= 11 is 0. The van der Waals surface area contributed by atoms with Gasteiger partial charge in [-0.1, -0.05) is 12.1 Å². The van der Waals surface area contributed by atoms with Gasteiger partial charge in [0, 0.05) is 24.5 Å². The van der Waals surface area contributed by atoms with E-state index in [2.05, 4.69) is 10.3 Å². The predicted octanol–water partition coefficient (Wildman–Crippen LogP) is 3.63. The zero-order chi connectivity index (χ0) is 20.5. The Morgan fingerprint density at radius 1 is 1.10 bits per heavy atom. The van der Waals surface area contributed by atoms with Crippen molar-refractivity contribution in [3.63, 3.8) is 0 Å². The Bertz CT molecular complexity index is 1080. The lowest BCUT2D eigenvalue weighted by Crippen LogP contribution is -2.32. The van der Waals surface area contributed by atoms with Crippen molar-refractivity contribution in [3.8, 4) is 17.2 Å². The van der Waals surface area contributed by atoms with E-state index in [4.69, 9.17) is 14.2 Å². The Morgan fingerprint density at radius 2 is 1.90 bits per heavy atom. The first-order valence-electron chi connectivity index (χ1n) is 9.78. The van der Waals surface area contributed by atoms with Crippen molar-refractivity contribution in [2.24, 2.45) is 0 Å². The van der Waals surface area contributed by atoms with Gasteiger partial charge >= 0.3 is 0 Å². The van der Waals surface area contributed by atoms with Gasteiger partial charge in [0.1, 0.15) is 25.1 Å². The number of amides is 1. The Hall–Kier alpha value is -3.74. The minimum atomic E-state index is -0.390. The molecule has 0 spiro atoms. The molecular weight excluding hydrogens is 382 g/mol. The van der Waals surface area contributed by atoms with Crippen molar-refractivity contribution < 1.29 is 19.0 Å². The lowest BCUT2D eigenvalue weighted by molar-refractivity contribution is 0.0727. The number of hydrogen-bond acceptors (Lipinski definition) is 6. The standard InChI is InChI=1S/C23H21N3O4/c1-28-17-7-4-15(5-8-17)14-26-22(21-18(23(26)27)3-2-10-24-21)25-16-6-9-19-20(13-16)30-12-11-29-19/h2-10,13,22,25H,11-12,14H2,1H3. The van der Waals surface area contributed by atoms with E-state index in [-0.39, 0.29) is 5.91 Å². The molecular formula is C23H21N3O4. The molecule has 1 atom stereocenters. The van der Waals surface area contributed by atoms with Crippen molar-refractivity contribution in [1.29, 1.82) is 0 Å². The van der Waals surface area contributed by atoms with Gasteiger partial charge in [0.05, 0.1) is 18.4 Å². The summed E-state index contributed by atoms with van der Waals surface area (Å²) in [5, 5.41) is 3.45. The van der Waals surface area contributed by atoms with Crippen LogP contribution in [-0.2, 0) is 6.54 Å². The second-order valence-electron chi connectivity index (χ2n) is 7.12. The van der Waals surface area contributed by atoms with Crippen LogP contribution in [0.5, 0.6) is 17.2 Å². The third kappa shape index (κ3) is 3.28. The number of hydrogen-bond donors (Lipinski definition) is 1. The molecule has 0 radical (unpaired) electrons. The molecule has 0 aliphatic carbocycles. The number of anilines is 1. The maximum Gasteiger partial charge on any atom is 0.258 e. The topological polar surface area (TPSA) is 72.9 Å². The maximum atomic E-state index is 13.1. The molecule has 2 aliphatic heterocycles. The zero-order valence-electron chi connectivity index (χ0n) is 16.5. The first-order chi connectivity index (χ1) is 14.7. The summed E-state index contributed by atoms with van der Waals surface area (Å²) < 4.78 is 16.5. The third-order valence-corrected chi connectivity index (χ3v) is 5.26. The highest BCUT2D eigenvalue weighted by atomic mass is 16.6. The number of aromatic nitrogens is 1. The lowest BCUT2D eigenvalue weighted by atomic mass is 10.2. The highest BCUT2D eigenvalue weighted by Crippen LogP contribution is 2.37. The average Bonchev–Trinajstić information content (AvgIpc) is 3.05. The van der Waals surface area contributed by atoms with Crippen LogP contribution >= 0.6 is 0 Å². The van der Waals surface area contributed by atoms with Crippen LogP contribution in [0.2, 0.25) is 0 Å². The minimum Gasteiger partial charge on any atom is -0.497 e. The average molecular weight is 403 g/mol. The van der Waals surface area contributed by atoms with Gasteiger partial charge in [0.2, 0.25) is 0 Å². The van der Waals surface area contributed by atoms with Gasteiger partial charge in [-0.2, -0.15) is 0 Å². The summed E-state index contributed by atoms with van der Waals surface area (Å²) in [6.45, 7) is 1.51. The molecule has 3 aromatic rings. The first-order valence-corrected chi connectivity index (χ1v) is 9.78. The molecule has 0 bridgehead atoms. The molecule has 0 saturated heterocycles. The molecule has 1 unspecified atom stereocenters. The van der Waals surface area contributed by atoms with Crippen LogP contribution in [0.4, 0.5) is 5.69 Å². The second kappa shape index (κ2) is 7.59. The van der Waals surface area contributed by atoms with Crippen LogP contribution < -0.4 is 19.5 Å². The van der Waals surface area contributed by atoms with E-state index in [1.165, 1.54) is 0 Å². The van der Waals surface area contributed by atoms with Gasteiger partial charge in [-0.25, -0.2) is 0 Å². The molecule has 0 saturated carbocycles. The van der Waals surface area contributed by atoms with Crippen LogP contribution in [0.3, 0.4) is 0 Å². The van der Waals surface area contributed by atoms with Crippen molar-refractivity contribution in [1.82, 2.24) is 9.88 Å². The Kier molecular flexibility index (Phi) is 4.63. The quantitative estimate of drug-likeness (QED) is 0.701. The molecule has 1 amide bonds. The number of carbonyl (C=O) groups is 1. The molecule has 152 valence electrons. The van der Waals surface area contributed by atoms with Crippen molar-refractivity contribution >= 4 is 11.6 Å². The molecule has 7 nitrogen and oxygen atoms in total. The predicted molar refractivity (Wildman–Crippen MR) is 111 cm³/mol. The van der Waals surface area contributed by atoms with E-state index in [0.717, 1.165) is 22.7 Å². The number of pyridine rings is 1. The fourth-order valence-corrected chi connectivity index (χ4v) is 3.76. The Morgan fingerprint density at radius 3 is 2.70 bits per heavy atom. The second-order valence-corrected chi connectivity index (χ2v) is 7.12. The molecule has 7 heteroatoms. The number of fused-ring (bicyclic) bond motifs is 2. The number of ether oxygens (including phenoxy) is 3. The van der Waals surface area contributed by atoms with Crippen LogP contribution in [0.25, 0.3) is 0 Å². The molecule has 5 rings (SSSR count). The molecule has 1 aromatic heterocycles. The van der Waals surface area contributed by atoms with Crippen LogP contribution in [0.15, 0.2) is 60.8 Å². The van der Waals surface area contributed by atoms with Crippen molar-refractivity contribution in [2.45, 2.75) is 12.7 Å². The summed E-state index contributed by atoms with van der Waals surface area (Å²) in [5.74, 6) is 2.15. The monoisotopic (exact) mass is 403 g/mol.